The number of aromatic hydroxyl groups is 1. The van der Waals surface area contributed by atoms with Gasteiger partial charge in [0.05, 0.1) is 18.6 Å². The van der Waals surface area contributed by atoms with Crippen LogP contribution in [0.3, 0.4) is 0 Å². The summed E-state index contributed by atoms with van der Waals surface area (Å²) in [5.74, 6) is -0.511. The number of nitro groups is 1. The van der Waals surface area contributed by atoms with Crippen LogP contribution >= 0.6 is 0 Å². The predicted octanol–water partition coefficient (Wildman–Crippen LogP) is 0.563. The molecule has 17 heavy (non-hydrogen) atoms. The molecule has 0 saturated carbocycles. The number of phenols is 1. The molecule has 2 N–H and O–H groups in total. The summed E-state index contributed by atoms with van der Waals surface area (Å²) in [4.78, 5) is 20.8. The minimum atomic E-state index is -0.552. The van der Waals surface area contributed by atoms with Gasteiger partial charge in [0.15, 0.2) is 0 Å². The molecule has 7 nitrogen and oxygen atoms in total. The van der Waals surface area contributed by atoms with Crippen molar-refractivity contribution in [1.29, 1.82) is 0 Å². The number of hydrogen-bond donors (Lipinski definition) is 2. The van der Waals surface area contributed by atoms with Crippen molar-refractivity contribution in [3.63, 3.8) is 0 Å². The third kappa shape index (κ3) is 3.72. The van der Waals surface area contributed by atoms with E-state index < -0.39 is 10.9 Å². The van der Waals surface area contributed by atoms with Crippen molar-refractivity contribution in [3.05, 3.63) is 33.9 Å². The van der Waals surface area contributed by atoms with Crippen molar-refractivity contribution >= 4 is 11.7 Å². The Morgan fingerprint density at radius 2 is 2.29 bits per heavy atom. The smallest absolute Gasteiger partial charge is 0.319 e. The van der Waals surface area contributed by atoms with Crippen molar-refractivity contribution in [3.8, 4) is 5.75 Å². The fraction of sp³-hybridized carbons (Fsp3) is 0.300. The van der Waals surface area contributed by atoms with Crippen molar-refractivity contribution in [2.24, 2.45) is 0 Å². The monoisotopic (exact) mass is 240 g/mol. The normalized spacial score (nSPS) is 9.94. The van der Waals surface area contributed by atoms with Crippen LogP contribution in [0.2, 0.25) is 0 Å². The van der Waals surface area contributed by atoms with Gasteiger partial charge in [0.25, 0.3) is 5.69 Å². The molecule has 0 aliphatic carbocycles. The molecule has 0 heterocycles. The lowest BCUT2D eigenvalue weighted by molar-refractivity contribution is -0.384. The molecule has 7 heteroatoms. The largest absolute Gasteiger partial charge is 0.508 e. The molecule has 0 unspecified atom stereocenters. The van der Waals surface area contributed by atoms with Crippen LogP contribution < -0.4 is 5.32 Å². The van der Waals surface area contributed by atoms with Crippen LogP contribution in [0.25, 0.3) is 0 Å². The number of methoxy groups -OCH3 is 1. The average molecular weight is 240 g/mol. The van der Waals surface area contributed by atoms with Gasteiger partial charge in [-0.05, 0) is 6.07 Å². The van der Waals surface area contributed by atoms with Gasteiger partial charge in [0, 0.05) is 24.2 Å². The van der Waals surface area contributed by atoms with E-state index in [1.807, 2.05) is 0 Å². The maximum atomic E-state index is 10.8. The first-order valence-electron chi connectivity index (χ1n) is 4.78. The van der Waals surface area contributed by atoms with Gasteiger partial charge in [0.2, 0.25) is 0 Å². The highest BCUT2D eigenvalue weighted by molar-refractivity contribution is 5.71. The highest BCUT2D eigenvalue weighted by atomic mass is 16.6. The maximum absolute atomic E-state index is 10.8. The van der Waals surface area contributed by atoms with Crippen molar-refractivity contribution < 1.29 is 19.6 Å². The van der Waals surface area contributed by atoms with E-state index >= 15 is 0 Å². The third-order valence-electron chi connectivity index (χ3n) is 2.09. The van der Waals surface area contributed by atoms with Crippen molar-refractivity contribution in [2.75, 3.05) is 13.7 Å². The van der Waals surface area contributed by atoms with Crippen LogP contribution in [0.15, 0.2) is 18.2 Å². The van der Waals surface area contributed by atoms with Crippen molar-refractivity contribution in [1.82, 2.24) is 5.32 Å². The summed E-state index contributed by atoms with van der Waals surface area (Å²) in [6.45, 7) is 0.112. The number of esters is 1. The van der Waals surface area contributed by atoms with Crippen LogP contribution in [0, 0.1) is 10.1 Å². The Morgan fingerprint density at radius 3 is 2.88 bits per heavy atom. The molecule has 1 aromatic rings. The van der Waals surface area contributed by atoms with E-state index in [2.05, 4.69) is 10.1 Å². The summed E-state index contributed by atoms with van der Waals surface area (Å²) in [5, 5.41) is 22.7. The second kappa shape index (κ2) is 5.80. The number of benzene rings is 1. The van der Waals surface area contributed by atoms with E-state index in [1.54, 1.807) is 0 Å². The molecule has 1 aromatic carbocycles. The molecule has 0 radical (unpaired) electrons. The molecular formula is C10H12N2O5. The topological polar surface area (TPSA) is 102 Å². The van der Waals surface area contributed by atoms with Gasteiger partial charge in [-0.1, -0.05) is 0 Å². The van der Waals surface area contributed by atoms with Crippen LogP contribution in [0.1, 0.15) is 5.56 Å². The third-order valence-corrected chi connectivity index (χ3v) is 2.09. The van der Waals surface area contributed by atoms with Gasteiger partial charge in [-0.3, -0.25) is 14.9 Å². The van der Waals surface area contributed by atoms with Crippen LogP contribution in [0.4, 0.5) is 5.69 Å². The van der Waals surface area contributed by atoms with E-state index in [-0.39, 0.29) is 24.5 Å². The molecule has 0 atom stereocenters. The molecule has 92 valence electrons. The Kier molecular flexibility index (Phi) is 4.41. The summed E-state index contributed by atoms with van der Waals surface area (Å²) in [5.41, 5.74) is 0.237. The Balaban J connectivity index is 2.66. The minimum Gasteiger partial charge on any atom is -0.508 e. The van der Waals surface area contributed by atoms with Crippen LogP contribution in [-0.2, 0) is 16.1 Å². The van der Waals surface area contributed by atoms with Crippen molar-refractivity contribution in [2.45, 2.75) is 6.54 Å². The summed E-state index contributed by atoms with van der Waals surface area (Å²) in [7, 11) is 1.26. The molecule has 0 spiro atoms. The van der Waals surface area contributed by atoms with E-state index in [0.29, 0.717) is 5.56 Å². The molecule has 1 rings (SSSR count). The number of phenolic OH excluding ortho intramolecular Hbond substituents is 1. The summed E-state index contributed by atoms with van der Waals surface area (Å²) >= 11 is 0. The second-order valence-electron chi connectivity index (χ2n) is 3.25. The minimum absolute atomic E-state index is 0.0291. The van der Waals surface area contributed by atoms with Gasteiger partial charge in [-0.2, -0.15) is 0 Å². The number of ether oxygens (including phenoxy) is 1. The molecule has 0 saturated heterocycles. The number of carbonyl (C=O) groups is 1. The first kappa shape index (κ1) is 12.9. The number of nitrogens with one attached hydrogen (secondary N) is 1. The average Bonchev–Trinajstić information content (AvgIpc) is 2.30. The predicted molar refractivity (Wildman–Crippen MR) is 58.5 cm³/mol. The van der Waals surface area contributed by atoms with Gasteiger partial charge in [-0.15, -0.1) is 0 Å². The van der Waals surface area contributed by atoms with Gasteiger partial charge in [-0.25, -0.2) is 0 Å². The first-order valence-corrected chi connectivity index (χ1v) is 4.78. The Bertz CT molecular complexity index is 433. The van der Waals surface area contributed by atoms with Gasteiger partial charge < -0.3 is 15.2 Å². The number of nitrogens with zero attached hydrogens (tertiary/aromatic N) is 1. The van der Waals surface area contributed by atoms with E-state index in [9.17, 15) is 20.0 Å². The maximum Gasteiger partial charge on any atom is 0.319 e. The molecule has 0 aromatic heterocycles. The molecule has 0 aliphatic heterocycles. The van der Waals surface area contributed by atoms with E-state index in [4.69, 9.17) is 0 Å². The van der Waals surface area contributed by atoms with Crippen LogP contribution in [0.5, 0.6) is 5.75 Å². The lowest BCUT2D eigenvalue weighted by Crippen LogP contribution is -2.23. The highest BCUT2D eigenvalue weighted by Crippen LogP contribution is 2.22. The van der Waals surface area contributed by atoms with Gasteiger partial charge >= 0.3 is 5.97 Å². The molecule has 0 amide bonds. The Labute approximate surface area is 97.2 Å². The SMILES string of the molecule is COC(=O)CNCc1cc([N+](=O)[O-])ccc1O. The number of rotatable bonds is 5. The molecular weight excluding hydrogens is 228 g/mol. The Morgan fingerprint density at radius 1 is 1.59 bits per heavy atom. The zero-order chi connectivity index (χ0) is 12.8. The zero-order valence-corrected chi connectivity index (χ0v) is 9.17. The quantitative estimate of drug-likeness (QED) is 0.443. The van der Waals surface area contributed by atoms with Crippen LogP contribution in [-0.4, -0.2) is 29.7 Å². The fourth-order valence-electron chi connectivity index (χ4n) is 1.20. The van der Waals surface area contributed by atoms with E-state index in [0.717, 1.165) is 0 Å². The first-order chi connectivity index (χ1) is 8.04. The molecule has 0 fully saturated rings. The highest BCUT2D eigenvalue weighted by Gasteiger charge is 2.10. The zero-order valence-electron chi connectivity index (χ0n) is 9.17. The molecule has 0 aliphatic rings. The lowest BCUT2D eigenvalue weighted by atomic mass is 10.2. The summed E-state index contributed by atoms with van der Waals surface area (Å²) in [6.07, 6.45) is 0. The lowest BCUT2D eigenvalue weighted by Gasteiger charge is -2.05. The molecule has 0 bridgehead atoms. The fourth-order valence-corrected chi connectivity index (χ4v) is 1.20. The second-order valence-corrected chi connectivity index (χ2v) is 3.25. The summed E-state index contributed by atoms with van der Waals surface area (Å²) < 4.78 is 4.41. The van der Waals surface area contributed by atoms with E-state index in [1.165, 1.54) is 25.3 Å². The number of hydrogen-bond acceptors (Lipinski definition) is 6. The standard InChI is InChI=1S/C10H12N2O5/c1-17-10(14)6-11-5-7-4-8(12(15)16)2-3-9(7)13/h2-4,11,13H,5-6H2,1H3. The Hall–Kier alpha value is -2.15. The number of nitro benzene ring substituents is 1. The number of carbonyl (C=O) groups excluding carboxylic acids is 1. The van der Waals surface area contributed by atoms with Gasteiger partial charge in [0.1, 0.15) is 5.75 Å². The summed E-state index contributed by atoms with van der Waals surface area (Å²) in [6, 6.07) is 3.70. The number of non-ortho nitro benzene ring substituents is 1.